The van der Waals surface area contributed by atoms with Crippen molar-refractivity contribution in [3.63, 3.8) is 0 Å². The Balaban J connectivity index is 1.94. The molecule has 0 bridgehead atoms. The first-order valence-electron chi connectivity index (χ1n) is 7.21. The summed E-state index contributed by atoms with van der Waals surface area (Å²) in [5, 5.41) is 9.77. The Hall–Kier alpha value is -2.14. The van der Waals surface area contributed by atoms with Crippen LogP contribution >= 0.6 is 0 Å². The van der Waals surface area contributed by atoms with E-state index in [0.717, 1.165) is 18.2 Å². The van der Waals surface area contributed by atoms with Crippen LogP contribution in [0.4, 0.5) is 0 Å². The summed E-state index contributed by atoms with van der Waals surface area (Å²) in [5.74, 6) is 0.255. The van der Waals surface area contributed by atoms with Crippen molar-refractivity contribution in [1.29, 1.82) is 0 Å². The number of nitrogens with one attached hydrogen (secondary N) is 1. The van der Waals surface area contributed by atoms with Gasteiger partial charge in [0.05, 0.1) is 5.56 Å². The van der Waals surface area contributed by atoms with E-state index >= 15 is 0 Å². The summed E-state index contributed by atoms with van der Waals surface area (Å²) in [6, 6.07) is 8.71. The summed E-state index contributed by atoms with van der Waals surface area (Å²) < 4.78 is 0. The lowest BCUT2D eigenvalue weighted by Gasteiger charge is -2.17. The van der Waals surface area contributed by atoms with Crippen LogP contribution in [0.5, 0.6) is 0 Å². The maximum absolute atomic E-state index is 12.7. The Morgan fingerprint density at radius 2 is 2.19 bits per heavy atom. The zero-order valence-electron chi connectivity index (χ0n) is 11.7. The van der Waals surface area contributed by atoms with Crippen molar-refractivity contribution < 1.29 is 9.90 Å². The molecule has 5 nitrogen and oxygen atoms in total. The minimum absolute atomic E-state index is 0.0993. The molecule has 0 radical (unpaired) electrons. The van der Waals surface area contributed by atoms with Gasteiger partial charge in [-0.15, -0.1) is 0 Å². The molecule has 2 heterocycles. The van der Waals surface area contributed by atoms with Gasteiger partial charge < -0.3 is 15.0 Å². The fraction of sp³-hybridized carbons (Fsp3) is 0.375. The molecule has 110 valence electrons. The number of aliphatic hydroxyl groups is 1. The second kappa shape index (κ2) is 5.69. The van der Waals surface area contributed by atoms with Gasteiger partial charge in [-0.05, 0) is 24.8 Å². The largest absolute Gasteiger partial charge is 0.396 e. The van der Waals surface area contributed by atoms with Gasteiger partial charge in [0.15, 0.2) is 0 Å². The van der Waals surface area contributed by atoms with E-state index in [2.05, 4.69) is 4.98 Å². The zero-order valence-corrected chi connectivity index (χ0v) is 11.7. The van der Waals surface area contributed by atoms with Crippen molar-refractivity contribution >= 4 is 16.8 Å². The maximum Gasteiger partial charge on any atom is 0.254 e. The maximum atomic E-state index is 12.7. The molecule has 2 N–H and O–H groups in total. The van der Waals surface area contributed by atoms with Crippen LogP contribution < -0.4 is 5.56 Å². The highest BCUT2D eigenvalue weighted by Crippen LogP contribution is 2.23. The molecule has 1 fully saturated rings. The van der Waals surface area contributed by atoms with Crippen molar-refractivity contribution in [3.05, 3.63) is 46.2 Å². The number of H-pyrrole nitrogens is 1. The quantitative estimate of drug-likeness (QED) is 0.895. The summed E-state index contributed by atoms with van der Waals surface area (Å²) in [4.78, 5) is 28.9. The van der Waals surface area contributed by atoms with Crippen molar-refractivity contribution in [2.24, 2.45) is 5.92 Å². The van der Waals surface area contributed by atoms with E-state index in [1.807, 2.05) is 18.2 Å². The number of amides is 1. The molecule has 0 aliphatic carbocycles. The molecule has 1 aliphatic heterocycles. The number of hydrogen-bond acceptors (Lipinski definition) is 3. The van der Waals surface area contributed by atoms with Gasteiger partial charge >= 0.3 is 0 Å². The number of fused-ring (bicyclic) bond motifs is 1. The Bertz CT molecular complexity index is 723. The Morgan fingerprint density at radius 3 is 3.00 bits per heavy atom. The predicted octanol–water partition coefficient (Wildman–Crippen LogP) is 1.37. The minimum Gasteiger partial charge on any atom is -0.396 e. The van der Waals surface area contributed by atoms with Crippen LogP contribution in [0.15, 0.2) is 35.1 Å². The second-order valence-corrected chi connectivity index (χ2v) is 5.51. The molecule has 0 spiro atoms. The van der Waals surface area contributed by atoms with Gasteiger partial charge in [0.25, 0.3) is 5.91 Å². The summed E-state index contributed by atoms with van der Waals surface area (Å²) in [7, 11) is 0. The van der Waals surface area contributed by atoms with Gasteiger partial charge in [0.2, 0.25) is 5.56 Å². The van der Waals surface area contributed by atoms with E-state index in [1.54, 1.807) is 11.0 Å². The van der Waals surface area contributed by atoms with Crippen LogP contribution in [0.25, 0.3) is 10.9 Å². The standard InChI is InChI=1S/C16H18N2O3/c19-8-6-11-5-7-18(10-11)16(21)13-9-15(20)17-14-4-2-1-3-12(13)14/h1-4,9,11,19H,5-8,10H2,(H,17,20). The SMILES string of the molecule is O=C(c1cc(=O)[nH]c2ccccc12)N1CCC(CCO)C1. The van der Waals surface area contributed by atoms with Crippen molar-refractivity contribution in [2.45, 2.75) is 12.8 Å². The number of nitrogens with zero attached hydrogens (tertiary/aromatic N) is 1. The number of hydrogen-bond donors (Lipinski definition) is 2. The molecule has 1 aromatic heterocycles. The fourth-order valence-electron chi connectivity index (χ4n) is 2.99. The Labute approximate surface area is 122 Å². The average Bonchev–Trinajstić information content (AvgIpc) is 2.94. The van der Waals surface area contributed by atoms with Crippen LogP contribution in [0.1, 0.15) is 23.2 Å². The molecule has 1 saturated heterocycles. The Morgan fingerprint density at radius 1 is 1.38 bits per heavy atom. The Kier molecular flexibility index (Phi) is 3.75. The zero-order chi connectivity index (χ0) is 14.8. The molecular weight excluding hydrogens is 268 g/mol. The number of para-hydroxylation sites is 1. The normalized spacial score (nSPS) is 18.3. The molecule has 5 heteroatoms. The van der Waals surface area contributed by atoms with E-state index in [4.69, 9.17) is 5.11 Å². The fourth-order valence-corrected chi connectivity index (χ4v) is 2.99. The topological polar surface area (TPSA) is 73.4 Å². The molecule has 1 aromatic carbocycles. The van der Waals surface area contributed by atoms with Crippen LogP contribution in [-0.4, -0.2) is 40.6 Å². The van der Waals surface area contributed by atoms with E-state index in [1.165, 1.54) is 6.07 Å². The molecule has 1 atom stereocenters. The highest BCUT2D eigenvalue weighted by Gasteiger charge is 2.27. The number of aromatic amines is 1. The van der Waals surface area contributed by atoms with Gasteiger partial charge in [-0.2, -0.15) is 0 Å². The van der Waals surface area contributed by atoms with Crippen molar-refractivity contribution in [3.8, 4) is 0 Å². The first kappa shape index (κ1) is 13.8. The highest BCUT2D eigenvalue weighted by atomic mass is 16.3. The monoisotopic (exact) mass is 286 g/mol. The van der Waals surface area contributed by atoms with E-state index < -0.39 is 0 Å². The second-order valence-electron chi connectivity index (χ2n) is 5.51. The van der Waals surface area contributed by atoms with Crippen LogP contribution in [0, 0.1) is 5.92 Å². The number of aromatic nitrogens is 1. The number of pyridine rings is 1. The molecule has 0 saturated carbocycles. The average molecular weight is 286 g/mol. The summed E-state index contributed by atoms with van der Waals surface area (Å²) in [6.45, 7) is 1.49. The predicted molar refractivity (Wildman–Crippen MR) is 80.3 cm³/mol. The third kappa shape index (κ3) is 2.69. The minimum atomic E-state index is -0.261. The molecule has 21 heavy (non-hydrogen) atoms. The molecular formula is C16H18N2O3. The molecule has 1 aliphatic rings. The van der Waals surface area contributed by atoms with Gasteiger partial charge in [0.1, 0.15) is 0 Å². The number of rotatable bonds is 3. The number of aliphatic hydroxyl groups excluding tert-OH is 1. The number of likely N-dealkylation sites (tertiary alicyclic amines) is 1. The first-order chi connectivity index (χ1) is 10.2. The van der Waals surface area contributed by atoms with Crippen molar-refractivity contribution in [2.75, 3.05) is 19.7 Å². The van der Waals surface area contributed by atoms with Crippen LogP contribution in [-0.2, 0) is 0 Å². The summed E-state index contributed by atoms with van der Waals surface area (Å²) in [6.07, 6.45) is 1.63. The smallest absolute Gasteiger partial charge is 0.254 e. The van der Waals surface area contributed by atoms with E-state index in [-0.39, 0.29) is 18.1 Å². The number of carbonyl (C=O) groups excluding carboxylic acids is 1. The number of carbonyl (C=O) groups is 1. The first-order valence-corrected chi connectivity index (χ1v) is 7.21. The molecule has 2 aromatic rings. The van der Waals surface area contributed by atoms with E-state index in [9.17, 15) is 9.59 Å². The lowest BCUT2D eigenvalue weighted by molar-refractivity contribution is 0.0786. The van der Waals surface area contributed by atoms with Gasteiger partial charge in [-0.3, -0.25) is 9.59 Å². The van der Waals surface area contributed by atoms with Crippen LogP contribution in [0.2, 0.25) is 0 Å². The summed E-state index contributed by atoms with van der Waals surface area (Å²) >= 11 is 0. The van der Waals surface area contributed by atoms with Gasteiger partial charge in [-0.25, -0.2) is 0 Å². The molecule has 1 unspecified atom stereocenters. The van der Waals surface area contributed by atoms with Gasteiger partial charge in [0, 0.05) is 36.7 Å². The summed E-state index contributed by atoms with van der Waals surface area (Å²) in [5.41, 5.74) is 0.876. The third-order valence-corrected chi connectivity index (χ3v) is 4.09. The van der Waals surface area contributed by atoms with Gasteiger partial charge in [-0.1, -0.05) is 18.2 Å². The van der Waals surface area contributed by atoms with Crippen molar-refractivity contribution in [1.82, 2.24) is 9.88 Å². The third-order valence-electron chi connectivity index (χ3n) is 4.09. The lowest BCUT2D eigenvalue weighted by Crippen LogP contribution is -2.30. The number of benzene rings is 1. The highest BCUT2D eigenvalue weighted by molar-refractivity contribution is 6.06. The molecule has 3 rings (SSSR count). The van der Waals surface area contributed by atoms with Crippen LogP contribution in [0.3, 0.4) is 0 Å². The van der Waals surface area contributed by atoms with E-state index in [0.29, 0.717) is 30.1 Å². The lowest BCUT2D eigenvalue weighted by atomic mass is 10.1. The molecule has 1 amide bonds.